The third kappa shape index (κ3) is 4.90. The molecule has 0 aliphatic carbocycles. The number of aryl methyl sites for hydroxylation is 1. The van der Waals surface area contributed by atoms with Gasteiger partial charge in [-0.05, 0) is 36.2 Å². The fraction of sp³-hybridized carbons (Fsp3) is 0.381. The number of carbonyl (C=O) groups excluding carboxylic acids is 1. The number of carbonyl (C=O) groups is 1. The fourth-order valence-corrected chi connectivity index (χ4v) is 4.22. The van der Waals surface area contributed by atoms with E-state index in [1.54, 1.807) is 14.0 Å². The molecule has 0 N–H and O–H groups in total. The van der Waals surface area contributed by atoms with Crippen LogP contribution in [0.15, 0.2) is 36.4 Å². The first kappa shape index (κ1) is 19.6. The van der Waals surface area contributed by atoms with Crippen molar-refractivity contribution >= 4 is 25.0 Å². The summed E-state index contributed by atoms with van der Waals surface area (Å²) in [6, 6.07) is 12.1. The predicted molar refractivity (Wildman–Crippen MR) is 106 cm³/mol. The van der Waals surface area contributed by atoms with Crippen molar-refractivity contribution in [3.63, 3.8) is 0 Å². The molecule has 0 saturated carbocycles. The highest BCUT2D eigenvalue weighted by Crippen LogP contribution is 2.34. The van der Waals surface area contributed by atoms with Gasteiger partial charge in [0, 0.05) is 23.5 Å². The summed E-state index contributed by atoms with van der Waals surface area (Å²) < 4.78 is 11.1. The number of hydrogen-bond acceptors (Lipinski definition) is 3. The van der Waals surface area contributed by atoms with Gasteiger partial charge in [-0.1, -0.05) is 59.7 Å². The number of ether oxygens (including phenoxy) is 2. The third-order valence-electron chi connectivity index (χ3n) is 3.94. The SMILES string of the molecule is COCOc1c(Pc2ccccc2C(C)=O)cc(C)cc1C(C)(C)C. The van der Waals surface area contributed by atoms with Crippen molar-refractivity contribution in [1.29, 1.82) is 0 Å². The van der Waals surface area contributed by atoms with Gasteiger partial charge in [0.25, 0.3) is 0 Å². The van der Waals surface area contributed by atoms with Crippen LogP contribution >= 0.6 is 8.58 Å². The minimum absolute atomic E-state index is 0.0472. The quantitative estimate of drug-likeness (QED) is 0.443. The molecule has 2 aromatic rings. The summed E-state index contributed by atoms with van der Waals surface area (Å²) in [5.41, 5.74) is 3.08. The van der Waals surface area contributed by atoms with Crippen LogP contribution in [0.1, 0.15) is 49.2 Å². The standard InChI is InChI=1S/C21H27O3P/c1-14-11-17(21(3,4)5)20(24-13-23-6)19(12-14)25-18-10-8-7-9-16(18)15(2)22/h7-12,25H,13H2,1-6H3. The molecule has 0 aromatic heterocycles. The summed E-state index contributed by atoms with van der Waals surface area (Å²) in [6.45, 7) is 10.5. The van der Waals surface area contributed by atoms with Crippen LogP contribution in [-0.4, -0.2) is 19.7 Å². The summed E-state index contributed by atoms with van der Waals surface area (Å²) >= 11 is 0. The Balaban J connectivity index is 2.57. The molecule has 0 spiro atoms. The zero-order valence-corrected chi connectivity index (χ0v) is 16.9. The molecule has 2 aromatic carbocycles. The van der Waals surface area contributed by atoms with Gasteiger partial charge in [-0.3, -0.25) is 4.79 Å². The summed E-state index contributed by atoms with van der Waals surface area (Å²) in [5.74, 6) is 0.961. The van der Waals surface area contributed by atoms with Gasteiger partial charge in [-0.15, -0.1) is 0 Å². The van der Waals surface area contributed by atoms with Gasteiger partial charge >= 0.3 is 0 Å². The molecule has 0 bridgehead atoms. The van der Waals surface area contributed by atoms with E-state index >= 15 is 0 Å². The lowest BCUT2D eigenvalue weighted by Crippen LogP contribution is -2.21. The zero-order valence-electron chi connectivity index (χ0n) is 15.9. The lowest BCUT2D eigenvalue weighted by Gasteiger charge is -2.26. The van der Waals surface area contributed by atoms with Crippen molar-refractivity contribution in [1.82, 2.24) is 0 Å². The Morgan fingerprint density at radius 2 is 1.80 bits per heavy atom. The number of hydrogen-bond donors (Lipinski definition) is 0. The molecule has 0 heterocycles. The van der Waals surface area contributed by atoms with Crippen molar-refractivity contribution < 1.29 is 14.3 Å². The van der Waals surface area contributed by atoms with E-state index in [1.165, 1.54) is 5.56 Å². The molecule has 0 radical (unpaired) electrons. The van der Waals surface area contributed by atoms with Crippen LogP contribution in [0.25, 0.3) is 0 Å². The molecular formula is C21H27O3P. The largest absolute Gasteiger partial charge is 0.467 e. The first-order valence-corrected chi connectivity index (χ1v) is 9.38. The molecule has 134 valence electrons. The highest BCUT2D eigenvalue weighted by Gasteiger charge is 2.23. The normalized spacial score (nSPS) is 11.9. The Kier molecular flexibility index (Phi) is 6.37. The van der Waals surface area contributed by atoms with Crippen LogP contribution in [0.2, 0.25) is 0 Å². The highest BCUT2D eigenvalue weighted by molar-refractivity contribution is 7.56. The van der Waals surface area contributed by atoms with Crippen molar-refractivity contribution in [3.8, 4) is 5.75 Å². The topological polar surface area (TPSA) is 35.5 Å². The monoisotopic (exact) mass is 358 g/mol. The van der Waals surface area contributed by atoms with Crippen molar-refractivity contribution in [2.24, 2.45) is 0 Å². The number of benzene rings is 2. The minimum atomic E-state index is -0.0472. The van der Waals surface area contributed by atoms with Crippen LogP contribution in [0.5, 0.6) is 5.75 Å². The number of rotatable bonds is 6. The van der Waals surface area contributed by atoms with Crippen LogP contribution in [0, 0.1) is 6.92 Å². The molecule has 0 saturated heterocycles. The van der Waals surface area contributed by atoms with E-state index in [0.717, 1.165) is 27.5 Å². The van der Waals surface area contributed by atoms with E-state index in [1.807, 2.05) is 24.3 Å². The van der Waals surface area contributed by atoms with Gasteiger partial charge in [0.2, 0.25) is 0 Å². The molecule has 3 nitrogen and oxygen atoms in total. The van der Waals surface area contributed by atoms with Gasteiger partial charge in [0.1, 0.15) is 5.75 Å². The average molecular weight is 358 g/mol. The van der Waals surface area contributed by atoms with E-state index < -0.39 is 0 Å². The lowest BCUT2D eigenvalue weighted by atomic mass is 9.85. The van der Waals surface area contributed by atoms with Gasteiger partial charge in [0.15, 0.2) is 12.6 Å². The van der Waals surface area contributed by atoms with Crippen molar-refractivity contribution in [2.45, 2.75) is 40.0 Å². The van der Waals surface area contributed by atoms with E-state index in [9.17, 15) is 4.79 Å². The van der Waals surface area contributed by atoms with Crippen LogP contribution in [-0.2, 0) is 10.2 Å². The minimum Gasteiger partial charge on any atom is -0.467 e. The summed E-state index contributed by atoms with van der Waals surface area (Å²) in [6.07, 6.45) is 0. The smallest absolute Gasteiger partial charge is 0.188 e. The molecule has 1 unspecified atom stereocenters. The number of methoxy groups -OCH3 is 1. The Bertz CT molecular complexity index is 760. The lowest BCUT2D eigenvalue weighted by molar-refractivity contribution is 0.0506. The van der Waals surface area contributed by atoms with Crippen molar-refractivity contribution in [3.05, 3.63) is 53.1 Å². The first-order valence-electron chi connectivity index (χ1n) is 8.38. The molecule has 0 aliphatic heterocycles. The summed E-state index contributed by atoms with van der Waals surface area (Å²) in [5, 5.41) is 2.15. The van der Waals surface area contributed by atoms with E-state index in [4.69, 9.17) is 9.47 Å². The van der Waals surface area contributed by atoms with Gasteiger partial charge in [-0.25, -0.2) is 0 Å². The van der Waals surface area contributed by atoms with E-state index in [-0.39, 0.29) is 18.0 Å². The second-order valence-electron chi connectivity index (χ2n) is 7.22. The molecule has 0 aliphatic rings. The summed E-state index contributed by atoms with van der Waals surface area (Å²) in [4.78, 5) is 12.0. The molecule has 1 atom stereocenters. The molecule has 0 fully saturated rings. The second kappa shape index (κ2) is 8.12. The summed E-state index contributed by atoms with van der Waals surface area (Å²) in [7, 11) is 1.97. The highest BCUT2D eigenvalue weighted by atomic mass is 31.1. The maximum atomic E-state index is 12.0. The maximum absolute atomic E-state index is 12.0. The number of ketones is 1. The predicted octanol–water partition coefficient (Wildman–Crippen LogP) is 4.11. The Hall–Kier alpha value is -1.70. The third-order valence-corrected chi connectivity index (χ3v) is 5.28. The van der Waals surface area contributed by atoms with Crippen LogP contribution in [0.3, 0.4) is 0 Å². The molecule has 4 heteroatoms. The second-order valence-corrected chi connectivity index (χ2v) is 8.54. The van der Waals surface area contributed by atoms with E-state index in [2.05, 4.69) is 39.8 Å². The first-order chi connectivity index (χ1) is 11.7. The Labute approximate surface area is 152 Å². The molecule has 25 heavy (non-hydrogen) atoms. The van der Waals surface area contributed by atoms with Crippen LogP contribution in [0.4, 0.5) is 0 Å². The van der Waals surface area contributed by atoms with E-state index in [0.29, 0.717) is 8.58 Å². The zero-order chi connectivity index (χ0) is 18.6. The molecule has 0 amide bonds. The Morgan fingerprint density at radius 1 is 1.12 bits per heavy atom. The van der Waals surface area contributed by atoms with Crippen molar-refractivity contribution in [2.75, 3.05) is 13.9 Å². The fourth-order valence-electron chi connectivity index (χ4n) is 2.74. The molecular weight excluding hydrogens is 331 g/mol. The van der Waals surface area contributed by atoms with Gasteiger partial charge < -0.3 is 9.47 Å². The average Bonchev–Trinajstić information content (AvgIpc) is 2.53. The van der Waals surface area contributed by atoms with Gasteiger partial charge in [0.05, 0.1) is 0 Å². The Morgan fingerprint density at radius 3 is 2.40 bits per heavy atom. The van der Waals surface area contributed by atoms with Gasteiger partial charge in [-0.2, -0.15) is 0 Å². The number of Topliss-reactive ketones (excluding diaryl/α,β-unsaturated/α-hetero) is 1. The molecule has 2 rings (SSSR count). The van der Waals surface area contributed by atoms with Crippen LogP contribution < -0.4 is 15.3 Å². The maximum Gasteiger partial charge on any atom is 0.188 e.